The Balaban J connectivity index is 2.00. The molecule has 3 rings (SSSR count). The van der Waals surface area contributed by atoms with E-state index in [9.17, 15) is 20.0 Å². The highest BCUT2D eigenvalue weighted by Gasteiger charge is 2.67. The highest BCUT2D eigenvalue weighted by molar-refractivity contribution is 5.88. The first-order valence-electron chi connectivity index (χ1n) is 9.48. The molecule has 0 aromatic carbocycles. The molecule has 0 spiro atoms. The molecule has 3 fully saturated rings. The van der Waals surface area contributed by atoms with Gasteiger partial charge < -0.3 is 19.3 Å². The zero-order valence-corrected chi connectivity index (χ0v) is 16.6. The minimum absolute atomic E-state index is 0.165. The van der Waals surface area contributed by atoms with E-state index < -0.39 is 53.5 Å². The van der Waals surface area contributed by atoms with Crippen molar-refractivity contribution in [2.24, 2.45) is 5.92 Å². The number of rotatable bonds is 3. The summed E-state index contributed by atoms with van der Waals surface area (Å²) in [7, 11) is 0. The van der Waals surface area contributed by atoms with Crippen LogP contribution in [0.15, 0.2) is 23.8 Å². The highest BCUT2D eigenvalue weighted by Crippen LogP contribution is 2.51. The molecule has 156 valence electrons. The number of fused-ring (bicyclic) bond motifs is 2. The minimum Gasteiger partial charge on any atom is -0.459 e. The van der Waals surface area contributed by atoms with Crippen LogP contribution in [-0.4, -0.2) is 57.9 Å². The van der Waals surface area contributed by atoms with E-state index in [4.69, 9.17) is 14.2 Å². The molecule has 2 heterocycles. The van der Waals surface area contributed by atoms with Gasteiger partial charge in [-0.15, -0.1) is 0 Å². The Labute approximate surface area is 164 Å². The maximum absolute atomic E-state index is 12.5. The average molecular weight is 396 g/mol. The second-order valence-electron chi connectivity index (χ2n) is 8.30. The number of hydrogen-bond acceptors (Lipinski definition) is 8. The van der Waals surface area contributed by atoms with E-state index >= 15 is 0 Å². The lowest BCUT2D eigenvalue weighted by atomic mass is 9.76. The van der Waals surface area contributed by atoms with E-state index in [0.29, 0.717) is 24.0 Å². The highest BCUT2D eigenvalue weighted by atomic mass is 17.1. The van der Waals surface area contributed by atoms with Gasteiger partial charge in [0.15, 0.2) is 5.60 Å². The van der Waals surface area contributed by atoms with Gasteiger partial charge in [-0.05, 0) is 46.1 Å². The zero-order chi connectivity index (χ0) is 20.9. The Bertz CT molecular complexity index is 711. The molecular weight excluding hydrogens is 368 g/mol. The molecule has 2 N–H and O–H groups in total. The van der Waals surface area contributed by atoms with E-state index in [0.717, 1.165) is 0 Å². The first-order chi connectivity index (χ1) is 13.0. The third-order valence-electron chi connectivity index (χ3n) is 6.26. The number of epoxide rings is 1. The van der Waals surface area contributed by atoms with Crippen molar-refractivity contribution < 1.29 is 39.1 Å². The van der Waals surface area contributed by atoms with Crippen molar-refractivity contribution in [1.82, 2.24) is 0 Å². The third-order valence-corrected chi connectivity index (χ3v) is 6.26. The molecule has 1 saturated carbocycles. The Hall–Kier alpha value is -1.74. The predicted octanol–water partition coefficient (Wildman–Crippen LogP) is 1.91. The summed E-state index contributed by atoms with van der Waals surface area (Å²) in [6.45, 7) is 10.5. The normalized spacial score (nSPS) is 43.6. The fraction of sp³-hybridized carbons (Fsp3) is 0.700. The second-order valence-corrected chi connectivity index (χ2v) is 8.30. The van der Waals surface area contributed by atoms with Crippen LogP contribution in [0.5, 0.6) is 0 Å². The summed E-state index contributed by atoms with van der Waals surface area (Å²) in [5, 5.41) is 20.1. The molecule has 0 aromatic heterocycles. The first kappa shape index (κ1) is 21.0. The van der Waals surface area contributed by atoms with Crippen LogP contribution in [0.3, 0.4) is 0 Å². The second kappa shape index (κ2) is 7.26. The quantitative estimate of drug-likeness (QED) is 0.186. The zero-order valence-electron chi connectivity index (χ0n) is 16.6. The number of carbonyl (C=O) groups is 2. The van der Waals surface area contributed by atoms with Gasteiger partial charge in [-0.1, -0.05) is 12.7 Å². The van der Waals surface area contributed by atoms with Gasteiger partial charge in [0.2, 0.25) is 0 Å². The molecule has 0 bridgehead atoms. The molecule has 0 unspecified atom stereocenters. The van der Waals surface area contributed by atoms with Gasteiger partial charge in [-0.3, -0.25) is 5.26 Å². The lowest BCUT2D eigenvalue weighted by Crippen LogP contribution is -2.50. The molecule has 0 aromatic rings. The first-order valence-corrected chi connectivity index (χ1v) is 9.48. The van der Waals surface area contributed by atoms with E-state index in [1.165, 1.54) is 6.92 Å². The van der Waals surface area contributed by atoms with E-state index in [1.54, 1.807) is 19.9 Å². The van der Waals surface area contributed by atoms with Crippen LogP contribution in [-0.2, 0) is 28.7 Å². The van der Waals surface area contributed by atoms with Gasteiger partial charge >= 0.3 is 11.9 Å². The molecular formula is C20H28O8. The van der Waals surface area contributed by atoms with Gasteiger partial charge in [-0.2, -0.15) is 0 Å². The van der Waals surface area contributed by atoms with Crippen LogP contribution >= 0.6 is 0 Å². The van der Waals surface area contributed by atoms with Gasteiger partial charge in [0, 0.05) is 12.0 Å². The summed E-state index contributed by atoms with van der Waals surface area (Å²) in [5.74, 6) is -2.18. The maximum Gasteiger partial charge on any atom is 0.338 e. The van der Waals surface area contributed by atoms with Crippen molar-refractivity contribution in [3.63, 3.8) is 0 Å². The Morgan fingerprint density at radius 2 is 2.07 bits per heavy atom. The number of esters is 2. The van der Waals surface area contributed by atoms with Crippen LogP contribution in [0.4, 0.5) is 0 Å². The molecule has 7 atom stereocenters. The van der Waals surface area contributed by atoms with Crippen molar-refractivity contribution in [3.8, 4) is 0 Å². The van der Waals surface area contributed by atoms with Crippen molar-refractivity contribution in [3.05, 3.63) is 23.8 Å². The summed E-state index contributed by atoms with van der Waals surface area (Å²) in [6, 6.07) is 0. The van der Waals surface area contributed by atoms with Crippen molar-refractivity contribution >= 4 is 11.9 Å². The molecule has 0 amide bonds. The molecule has 3 aliphatic rings. The minimum atomic E-state index is -1.86. The standard InChI is InChI=1S/C20H28O8/c1-6-10(2)17(21)26-15-14-13(25-18(22)20(14,5)23)9-11(3)12(28-24)7-8-19(4)16(15)27-19/h6,12-16,23-24H,3,7-9H2,1-2,4-5H3/b10-6-/t12-,13+,14-,15-,16+,19+,20+/m1/s1. The average Bonchev–Trinajstić information content (AvgIpc) is 3.24. The van der Waals surface area contributed by atoms with Crippen molar-refractivity contribution in [1.29, 1.82) is 0 Å². The van der Waals surface area contributed by atoms with Crippen LogP contribution in [0.2, 0.25) is 0 Å². The molecule has 1 aliphatic carbocycles. The molecule has 8 heteroatoms. The SMILES string of the molecule is C=C1C[C@@H]2OC(=O)[C@@](C)(O)[C@H]2[C@@H](OC(=O)/C(C)=C\C)[C@@H]2O[C@@]2(C)CC[C@H]1OO. The fourth-order valence-electron chi connectivity index (χ4n) is 4.20. The van der Waals surface area contributed by atoms with Crippen molar-refractivity contribution in [2.45, 2.75) is 82.6 Å². The lowest BCUT2D eigenvalue weighted by molar-refractivity contribution is -0.271. The molecule has 2 aliphatic heterocycles. The van der Waals surface area contributed by atoms with E-state index in [2.05, 4.69) is 11.5 Å². The molecule has 2 saturated heterocycles. The Morgan fingerprint density at radius 3 is 2.68 bits per heavy atom. The fourth-order valence-corrected chi connectivity index (χ4v) is 4.20. The van der Waals surface area contributed by atoms with Crippen LogP contribution in [0, 0.1) is 5.92 Å². The number of aliphatic hydroxyl groups is 1. The number of hydrogen-bond donors (Lipinski definition) is 2. The largest absolute Gasteiger partial charge is 0.459 e. The smallest absolute Gasteiger partial charge is 0.338 e. The van der Waals surface area contributed by atoms with Crippen LogP contribution < -0.4 is 0 Å². The lowest BCUT2D eigenvalue weighted by Gasteiger charge is -2.33. The van der Waals surface area contributed by atoms with E-state index in [1.807, 2.05) is 6.92 Å². The van der Waals surface area contributed by atoms with Gasteiger partial charge in [0.05, 0.1) is 11.5 Å². The molecule has 28 heavy (non-hydrogen) atoms. The third kappa shape index (κ3) is 3.50. The summed E-state index contributed by atoms with van der Waals surface area (Å²) in [5.41, 5.74) is -1.56. The Kier molecular flexibility index (Phi) is 5.44. The summed E-state index contributed by atoms with van der Waals surface area (Å²) in [4.78, 5) is 29.4. The topological polar surface area (TPSA) is 115 Å². The molecule has 0 radical (unpaired) electrons. The van der Waals surface area contributed by atoms with Crippen LogP contribution in [0.1, 0.15) is 47.0 Å². The predicted molar refractivity (Wildman–Crippen MR) is 97.1 cm³/mol. The number of allylic oxidation sites excluding steroid dienone is 1. The van der Waals surface area contributed by atoms with E-state index in [-0.39, 0.29) is 6.42 Å². The molecule has 8 nitrogen and oxygen atoms in total. The van der Waals surface area contributed by atoms with Crippen LogP contribution in [0.25, 0.3) is 0 Å². The van der Waals surface area contributed by atoms with Gasteiger partial charge in [0.1, 0.15) is 24.4 Å². The summed E-state index contributed by atoms with van der Waals surface area (Å²) in [6.07, 6.45) is -0.0621. The number of ether oxygens (including phenoxy) is 3. The van der Waals surface area contributed by atoms with Gasteiger partial charge in [-0.25, -0.2) is 14.5 Å². The summed E-state index contributed by atoms with van der Waals surface area (Å²) >= 11 is 0. The Morgan fingerprint density at radius 1 is 1.39 bits per heavy atom. The maximum atomic E-state index is 12.5. The summed E-state index contributed by atoms with van der Waals surface area (Å²) < 4.78 is 17.1. The van der Waals surface area contributed by atoms with Gasteiger partial charge in [0.25, 0.3) is 0 Å². The number of carbonyl (C=O) groups excluding carboxylic acids is 2. The monoisotopic (exact) mass is 396 g/mol. The van der Waals surface area contributed by atoms with Crippen molar-refractivity contribution in [2.75, 3.05) is 0 Å².